The Kier molecular flexibility index (Phi) is 5.69. The molecule has 138 valence electrons. The van der Waals surface area contributed by atoms with Crippen LogP contribution in [-0.2, 0) is 16.1 Å². The third-order valence-electron chi connectivity index (χ3n) is 3.94. The number of hydrogen-bond donors (Lipinski definition) is 1. The largest absolute Gasteiger partial charge is 0.493 e. The van der Waals surface area contributed by atoms with Gasteiger partial charge in [0.25, 0.3) is 5.91 Å². The van der Waals surface area contributed by atoms with E-state index in [0.717, 1.165) is 5.69 Å². The van der Waals surface area contributed by atoms with E-state index in [9.17, 15) is 14.7 Å². The number of carbonyl (C=O) groups is 2. The van der Waals surface area contributed by atoms with Gasteiger partial charge in [0, 0.05) is 17.5 Å². The number of hydrogen-bond acceptors (Lipinski definition) is 7. The van der Waals surface area contributed by atoms with Gasteiger partial charge < -0.3 is 24.2 Å². The van der Waals surface area contributed by atoms with E-state index < -0.39 is 12.0 Å². The molecule has 0 radical (unpaired) electrons. The number of methoxy groups -OCH3 is 1. The van der Waals surface area contributed by atoms with Gasteiger partial charge in [0.1, 0.15) is 6.61 Å². The molecule has 9 heteroatoms. The summed E-state index contributed by atoms with van der Waals surface area (Å²) in [5.74, 6) is -0.599. The molecule has 0 bridgehead atoms. The van der Waals surface area contributed by atoms with Crippen LogP contribution in [0.3, 0.4) is 0 Å². The first-order chi connectivity index (χ1) is 12.6. The minimum atomic E-state index is -1.09. The molecular formula is C17H18N2O6S. The van der Waals surface area contributed by atoms with Crippen molar-refractivity contribution in [1.29, 1.82) is 0 Å². The molecule has 1 N–H and O–H groups in total. The van der Waals surface area contributed by atoms with Gasteiger partial charge in [-0.2, -0.15) is 0 Å². The van der Waals surface area contributed by atoms with Crippen molar-refractivity contribution in [3.63, 3.8) is 0 Å². The van der Waals surface area contributed by atoms with Crippen molar-refractivity contribution in [2.75, 3.05) is 26.9 Å². The van der Waals surface area contributed by atoms with Crippen molar-refractivity contribution in [2.24, 2.45) is 0 Å². The first-order valence-corrected chi connectivity index (χ1v) is 8.84. The maximum Gasteiger partial charge on any atom is 0.328 e. The van der Waals surface area contributed by atoms with Crippen LogP contribution >= 0.6 is 11.3 Å². The second kappa shape index (κ2) is 8.15. The van der Waals surface area contributed by atoms with Gasteiger partial charge in [0.15, 0.2) is 17.5 Å². The number of morpholine rings is 1. The zero-order chi connectivity index (χ0) is 18.5. The van der Waals surface area contributed by atoms with Crippen LogP contribution in [0, 0.1) is 0 Å². The van der Waals surface area contributed by atoms with Crippen LogP contribution in [0.5, 0.6) is 11.5 Å². The molecule has 0 saturated carbocycles. The van der Waals surface area contributed by atoms with Gasteiger partial charge in [-0.05, 0) is 18.2 Å². The summed E-state index contributed by atoms with van der Waals surface area (Å²) in [7, 11) is 1.48. The highest BCUT2D eigenvalue weighted by molar-refractivity contribution is 7.07. The molecule has 1 aliphatic rings. The molecule has 0 aliphatic carbocycles. The lowest BCUT2D eigenvalue weighted by molar-refractivity contribution is -0.147. The van der Waals surface area contributed by atoms with Crippen molar-refractivity contribution in [3.8, 4) is 11.5 Å². The Morgan fingerprint density at radius 3 is 2.96 bits per heavy atom. The monoisotopic (exact) mass is 378 g/mol. The van der Waals surface area contributed by atoms with Gasteiger partial charge in [0.05, 0.1) is 31.5 Å². The lowest BCUT2D eigenvalue weighted by atomic mass is 10.1. The molecule has 26 heavy (non-hydrogen) atoms. The van der Waals surface area contributed by atoms with Crippen LogP contribution in [0.4, 0.5) is 0 Å². The number of carboxylic acid groups (broad SMARTS) is 1. The van der Waals surface area contributed by atoms with Crippen LogP contribution < -0.4 is 9.47 Å². The minimum Gasteiger partial charge on any atom is -0.493 e. The van der Waals surface area contributed by atoms with Gasteiger partial charge in [0.2, 0.25) is 0 Å². The highest BCUT2D eigenvalue weighted by Crippen LogP contribution is 2.29. The molecule has 1 atom stereocenters. The Hall–Kier alpha value is -2.65. The number of carbonyl (C=O) groups excluding carboxylic acids is 1. The van der Waals surface area contributed by atoms with Gasteiger partial charge in [-0.25, -0.2) is 9.78 Å². The summed E-state index contributed by atoms with van der Waals surface area (Å²) >= 11 is 1.48. The Labute approximate surface area is 153 Å². The maximum atomic E-state index is 12.7. The molecule has 1 amide bonds. The highest BCUT2D eigenvalue weighted by Gasteiger charge is 2.33. The van der Waals surface area contributed by atoms with E-state index in [2.05, 4.69) is 4.98 Å². The molecule has 1 aromatic carbocycles. The van der Waals surface area contributed by atoms with Crippen LogP contribution in [0.1, 0.15) is 16.1 Å². The van der Waals surface area contributed by atoms with Crippen LogP contribution in [-0.4, -0.2) is 59.8 Å². The molecule has 1 fully saturated rings. The smallest absolute Gasteiger partial charge is 0.328 e. The standard InChI is InChI=1S/C17H18N2O6S/c1-23-15-6-11(2-3-14(15)25-7-12-9-26-10-18-12)16(20)19-4-5-24-8-13(19)17(21)22/h2-3,6,9-10,13H,4-5,7-8H2,1H3,(H,21,22). The predicted octanol–water partition coefficient (Wildman–Crippen LogP) is 1.66. The fourth-order valence-electron chi connectivity index (χ4n) is 2.60. The molecule has 1 aromatic heterocycles. The molecule has 3 rings (SSSR count). The molecule has 2 heterocycles. The summed E-state index contributed by atoms with van der Waals surface area (Å²) in [6.07, 6.45) is 0. The van der Waals surface area contributed by atoms with Crippen LogP contribution in [0.15, 0.2) is 29.1 Å². The summed E-state index contributed by atoms with van der Waals surface area (Å²) < 4.78 is 16.2. The van der Waals surface area contributed by atoms with Crippen molar-refractivity contribution in [3.05, 3.63) is 40.3 Å². The second-order valence-electron chi connectivity index (χ2n) is 5.56. The number of ether oxygens (including phenoxy) is 3. The maximum absolute atomic E-state index is 12.7. The van der Waals surface area contributed by atoms with Crippen molar-refractivity contribution in [2.45, 2.75) is 12.6 Å². The van der Waals surface area contributed by atoms with Crippen molar-refractivity contribution >= 4 is 23.2 Å². The summed E-state index contributed by atoms with van der Waals surface area (Å²) in [6.45, 7) is 0.798. The van der Waals surface area contributed by atoms with Crippen LogP contribution in [0.2, 0.25) is 0 Å². The summed E-state index contributed by atoms with van der Waals surface area (Å²) in [5.41, 5.74) is 2.85. The lowest BCUT2D eigenvalue weighted by Crippen LogP contribution is -2.52. The summed E-state index contributed by atoms with van der Waals surface area (Å²) in [6, 6.07) is 3.78. The number of aliphatic carboxylic acids is 1. The fraction of sp³-hybridized carbons (Fsp3) is 0.353. The third kappa shape index (κ3) is 3.94. The average molecular weight is 378 g/mol. The lowest BCUT2D eigenvalue weighted by Gasteiger charge is -2.33. The Bertz CT molecular complexity index is 780. The van der Waals surface area contributed by atoms with E-state index in [1.807, 2.05) is 5.38 Å². The van der Waals surface area contributed by atoms with E-state index in [0.29, 0.717) is 23.7 Å². The van der Waals surface area contributed by atoms with E-state index in [1.54, 1.807) is 23.7 Å². The van der Waals surface area contributed by atoms with Gasteiger partial charge in [-0.3, -0.25) is 4.79 Å². The van der Waals surface area contributed by atoms with E-state index in [4.69, 9.17) is 14.2 Å². The molecular weight excluding hydrogens is 360 g/mol. The number of aromatic nitrogens is 1. The van der Waals surface area contributed by atoms with E-state index in [-0.39, 0.29) is 25.7 Å². The van der Waals surface area contributed by atoms with Crippen molar-refractivity contribution in [1.82, 2.24) is 9.88 Å². The quantitative estimate of drug-likeness (QED) is 0.816. The third-order valence-corrected chi connectivity index (χ3v) is 4.58. The van der Waals surface area contributed by atoms with Crippen LogP contribution in [0.25, 0.3) is 0 Å². The van der Waals surface area contributed by atoms with E-state index >= 15 is 0 Å². The Morgan fingerprint density at radius 1 is 1.42 bits per heavy atom. The van der Waals surface area contributed by atoms with E-state index in [1.165, 1.54) is 23.3 Å². The minimum absolute atomic E-state index is 0.0208. The normalized spacial score (nSPS) is 17.0. The summed E-state index contributed by atoms with van der Waals surface area (Å²) in [5, 5.41) is 11.2. The Balaban J connectivity index is 1.77. The Morgan fingerprint density at radius 2 is 2.27 bits per heavy atom. The second-order valence-corrected chi connectivity index (χ2v) is 6.28. The number of nitrogens with zero attached hydrogens (tertiary/aromatic N) is 2. The molecule has 0 spiro atoms. The first kappa shape index (κ1) is 18.2. The zero-order valence-electron chi connectivity index (χ0n) is 14.1. The molecule has 2 aromatic rings. The highest BCUT2D eigenvalue weighted by atomic mass is 32.1. The van der Waals surface area contributed by atoms with Gasteiger partial charge >= 0.3 is 5.97 Å². The molecule has 1 unspecified atom stereocenters. The van der Waals surface area contributed by atoms with Crippen molar-refractivity contribution < 1.29 is 28.9 Å². The predicted molar refractivity (Wildman–Crippen MR) is 92.7 cm³/mol. The SMILES string of the molecule is COc1cc(C(=O)N2CCOCC2C(=O)O)ccc1OCc1cscn1. The number of rotatable bonds is 6. The van der Waals surface area contributed by atoms with Gasteiger partial charge in [-0.1, -0.05) is 0 Å². The summed E-state index contributed by atoms with van der Waals surface area (Å²) in [4.78, 5) is 29.5. The molecule has 8 nitrogen and oxygen atoms in total. The van der Waals surface area contributed by atoms with Gasteiger partial charge in [-0.15, -0.1) is 11.3 Å². The fourth-order valence-corrected chi connectivity index (χ4v) is 3.14. The first-order valence-electron chi connectivity index (χ1n) is 7.89. The number of amides is 1. The molecule has 1 saturated heterocycles. The molecule has 1 aliphatic heterocycles. The topological polar surface area (TPSA) is 98.2 Å². The number of carboxylic acids is 1. The number of benzene rings is 1. The average Bonchev–Trinajstić information content (AvgIpc) is 3.19. The zero-order valence-corrected chi connectivity index (χ0v) is 14.9. The number of thiazole rings is 1.